The average Bonchev–Trinajstić information content (AvgIpc) is 3.33. The van der Waals surface area contributed by atoms with E-state index in [2.05, 4.69) is 16.0 Å². The zero-order valence-corrected chi connectivity index (χ0v) is 19.5. The first-order valence-electron chi connectivity index (χ1n) is 11.2. The Morgan fingerprint density at radius 2 is 1.77 bits per heavy atom. The van der Waals surface area contributed by atoms with E-state index < -0.39 is 53.6 Å². The molecule has 1 aliphatic heterocycles. The number of anilines is 1. The van der Waals surface area contributed by atoms with Crippen molar-refractivity contribution in [1.82, 2.24) is 15.2 Å². The maximum absolute atomic E-state index is 13.6. The number of nitrogens with one attached hydrogen (secondary N) is 3. The molecular weight excluding hydrogens is 465 g/mol. The minimum Gasteiger partial charge on any atom is -0.357 e. The number of nitrogens with zero attached hydrogens (tertiary/aromatic N) is 1. The Morgan fingerprint density at radius 1 is 1.09 bits per heavy atom. The SMILES string of the molecule is CNC(=O)C1(NC(=O)C(=O)c2c(C)c(C(=O)Nc3ccc(F)c(C)c3)n3c2CCC3)CC(F)(F)C1. The lowest BCUT2D eigenvalue weighted by molar-refractivity contribution is -0.164. The molecule has 8 nitrogen and oxygen atoms in total. The third-order valence-electron chi connectivity index (χ3n) is 6.61. The Morgan fingerprint density at radius 3 is 2.37 bits per heavy atom. The second-order valence-corrected chi connectivity index (χ2v) is 9.12. The van der Waals surface area contributed by atoms with Gasteiger partial charge in [-0.1, -0.05) is 0 Å². The summed E-state index contributed by atoms with van der Waals surface area (Å²) in [6, 6.07) is 4.12. The highest BCUT2D eigenvalue weighted by Gasteiger charge is 2.62. The third-order valence-corrected chi connectivity index (χ3v) is 6.61. The summed E-state index contributed by atoms with van der Waals surface area (Å²) >= 11 is 0. The van der Waals surface area contributed by atoms with Crippen molar-refractivity contribution in [2.75, 3.05) is 12.4 Å². The normalized spacial score (nSPS) is 17.2. The van der Waals surface area contributed by atoms with E-state index in [-0.39, 0.29) is 16.8 Å². The number of fused-ring (bicyclic) bond motifs is 1. The Balaban J connectivity index is 1.62. The molecular formula is C24H25F3N4O4. The van der Waals surface area contributed by atoms with Crippen LogP contribution in [0, 0.1) is 19.7 Å². The molecule has 1 saturated carbocycles. The van der Waals surface area contributed by atoms with Gasteiger partial charge in [-0.15, -0.1) is 0 Å². The fraction of sp³-hybridized carbons (Fsp3) is 0.417. The summed E-state index contributed by atoms with van der Waals surface area (Å²) in [6.07, 6.45) is -0.731. The molecule has 35 heavy (non-hydrogen) atoms. The van der Waals surface area contributed by atoms with Crippen LogP contribution in [0.15, 0.2) is 18.2 Å². The molecule has 2 heterocycles. The molecule has 4 rings (SSSR count). The number of carbonyl (C=O) groups excluding carboxylic acids is 4. The lowest BCUT2D eigenvalue weighted by Gasteiger charge is -2.45. The highest BCUT2D eigenvalue weighted by atomic mass is 19.3. The number of ketones is 1. The fourth-order valence-corrected chi connectivity index (χ4v) is 4.99. The summed E-state index contributed by atoms with van der Waals surface area (Å²) in [7, 11) is 1.26. The molecule has 1 fully saturated rings. The minimum absolute atomic E-state index is 0.0265. The van der Waals surface area contributed by atoms with Crippen LogP contribution in [0.3, 0.4) is 0 Å². The second-order valence-electron chi connectivity index (χ2n) is 9.12. The van der Waals surface area contributed by atoms with Crippen LogP contribution in [-0.2, 0) is 22.6 Å². The molecule has 0 atom stereocenters. The Bertz CT molecular complexity index is 1260. The van der Waals surface area contributed by atoms with Gasteiger partial charge in [0, 0.05) is 37.8 Å². The van der Waals surface area contributed by atoms with Crippen LogP contribution in [-0.4, -0.2) is 46.6 Å². The standard InChI is InChI=1S/C24H25F3N4O4/c1-12-9-14(6-7-15(12)25)29-20(33)18-13(2)17(16-5-4-8-31(16)18)19(32)21(34)30-23(22(35)28-3)10-24(26,27)11-23/h6-7,9H,4-5,8,10-11H2,1-3H3,(H,28,35)(H,29,33)(H,30,34). The predicted molar refractivity (Wildman–Crippen MR) is 120 cm³/mol. The quantitative estimate of drug-likeness (QED) is 0.427. The van der Waals surface area contributed by atoms with Gasteiger partial charge in [0.05, 0.1) is 5.56 Å². The Kier molecular flexibility index (Phi) is 5.98. The first-order valence-corrected chi connectivity index (χ1v) is 11.2. The number of alkyl halides is 2. The van der Waals surface area contributed by atoms with Gasteiger partial charge >= 0.3 is 0 Å². The summed E-state index contributed by atoms with van der Waals surface area (Å²) in [6.45, 7) is 3.54. The molecule has 0 saturated heterocycles. The number of aromatic nitrogens is 1. The molecule has 186 valence electrons. The van der Waals surface area contributed by atoms with E-state index in [9.17, 15) is 32.3 Å². The molecule has 1 aromatic heterocycles. The van der Waals surface area contributed by atoms with Crippen molar-refractivity contribution in [3.8, 4) is 0 Å². The number of likely N-dealkylation sites (N-methyl/N-ethyl adjacent to an activating group) is 1. The predicted octanol–water partition coefficient (Wildman–Crippen LogP) is 2.66. The van der Waals surface area contributed by atoms with Crippen molar-refractivity contribution in [3.05, 3.63) is 52.1 Å². The maximum Gasteiger partial charge on any atom is 0.293 e. The van der Waals surface area contributed by atoms with E-state index in [1.165, 1.54) is 32.2 Å². The molecule has 3 N–H and O–H groups in total. The molecule has 11 heteroatoms. The minimum atomic E-state index is -3.12. The Hall–Kier alpha value is -3.63. The number of rotatable bonds is 6. The zero-order valence-electron chi connectivity index (χ0n) is 19.5. The van der Waals surface area contributed by atoms with Gasteiger partial charge in [-0.25, -0.2) is 13.2 Å². The van der Waals surface area contributed by atoms with Gasteiger partial charge in [0.2, 0.25) is 5.91 Å². The van der Waals surface area contributed by atoms with E-state index in [4.69, 9.17) is 0 Å². The number of aryl methyl sites for hydroxylation is 1. The van der Waals surface area contributed by atoms with Crippen LogP contribution in [0.4, 0.5) is 18.9 Å². The van der Waals surface area contributed by atoms with Crippen LogP contribution in [0.1, 0.15) is 56.9 Å². The van der Waals surface area contributed by atoms with Crippen molar-refractivity contribution in [1.29, 1.82) is 0 Å². The van der Waals surface area contributed by atoms with Gasteiger partial charge in [0.25, 0.3) is 23.5 Å². The first-order chi connectivity index (χ1) is 16.4. The highest BCUT2D eigenvalue weighted by Crippen LogP contribution is 2.46. The van der Waals surface area contributed by atoms with Crippen LogP contribution in [0.25, 0.3) is 0 Å². The summed E-state index contributed by atoms with van der Waals surface area (Å²) in [5.41, 5.74) is -0.182. The van der Waals surface area contributed by atoms with E-state index in [1.54, 1.807) is 11.5 Å². The number of hydrogen-bond acceptors (Lipinski definition) is 4. The van der Waals surface area contributed by atoms with Gasteiger partial charge in [0.1, 0.15) is 17.1 Å². The summed E-state index contributed by atoms with van der Waals surface area (Å²) in [5.74, 6) is -7.06. The van der Waals surface area contributed by atoms with Crippen LogP contribution in [0.5, 0.6) is 0 Å². The van der Waals surface area contributed by atoms with Crippen molar-refractivity contribution >= 4 is 29.2 Å². The summed E-state index contributed by atoms with van der Waals surface area (Å²) in [5, 5.41) is 7.16. The van der Waals surface area contributed by atoms with E-state index in [0.717, 1.165) is 0 Å². The van der Waals surface area contributed by atoms with Crippen molar-refractivity contribution in [2.45, 2.75) is 57.5 Å². The van der Waals surface area contributed by atoms with Crippen molar-refractivity contribution in [3.63, 3.8) is 0 Å². The molecule has 2 aliphatic rings. The monoisotopic (exact) mass is 490 g/mol. The number of carbonyl (C=O) groups is 4. The lowest BCUT2D eigenvalue weighted by atomic mass is 9.72. The number of Topliss-reactive ketones (excluding diaryl/α,β-unsaturated/α-hetero) is 1. The van der Waals surface area contributed by atoms with Crippen LogP contribution < -0.4 is 16.0 Å². The molecule has 3 amide bonds. The molecule has 1 aliphatic carbocycles. The average molecular weight is 490 g/mol. The van der Waals surface area contributed by atoms with Gasteiger partial charge in [-0.05, 0) is 56.0 Å². The van der Waals surface area contributed by atoms with Crippen molar-refractivity contribution in [2.24, 2.45) is 0 Å². The number of hydrogen-bond donors (Lipinski definition) is 3. The largest absolute Gasteiger partial charge is 0.357 e. The smallest absolute Gasteiger partial charge is 0.293 e. The third kappa shape index (κ3) is 4.19. The Labute approximate surface area is 199 Å². The zero-order chi connectivity index (χ0) is 25.7. The molecule has 0 bridgehead atoms. The highest BCUT2D eigenvalue weighted by molar-refractivity contribution is 6.44. The number of benzene rings is 1. The molecule has 1 aromatic carbocycles. The maximum atomic E-state index is 13.6. The first kappa shape index (κ1) is 24.5. The lowest BCUT2D eigenvalue weighted by Crippen LogP contribution is -2.69. The number of halogens is 3. The summed E-state index contributed by atoms with van der Waals surface area (Å²) in [4.78, 5) is 51.3. The molecule has 0 unspecified atom stereocenters. The van der Waals surface area contributed by atoms with Gasteiger partial charge in [-0.3, -0.25) is 19.2 Å². The van der Waals surface area contributed by atoms with E-state index in [0.29, 0.717) is 36.3 Å². The molecule has 0 radical (unpaired) electrons. The van der Waals surface area contributed by atoms with E-state index >= 15 is 0 Å². The van der Waals surface area contributed by atoms with Crippen molar-refractivity contribution < 1.29 is 32.3 Å². The second kappa shape index (κ2) is 8.54. The van der Waals surface area contributed by atoms with E-state index in [1.807, 2.05) is 0 Å². The molecule has 2 aromatic rings. The van der Waals surface area contributed by atoms with Gasteiger partial charge in [-0.2, -0.15) is 0 Å². The molecule has 0 spiro atoms. The van der Waals surface area contributed by atoms with Crippen LogP contribution in [0.2, 0.25) is 0 Å². The topological polar surface area (TPSA) is 109 Å². The number of amides is 3. The van der Waals surface area contributed by atoms with Gasteiger partial charge in [0.15, 0.2) is 0 Å². The van der Waals surface area contributed by atoms with Crippen LogP contribution >= 0.6 is 0 Å². The van der Waals surface area contributed by atoms with Gasteiger partial charge < -0.3 is 20.5 Å². The summed E-state index contributed by atoms with van der Waals surface area (Å²) < 4.78 is 42.4. The fourth-order valence-electron chi connectivity index (χ4n) is 4.99.